The Bertz CT molecular complexity index is 982. The van der Waals surface area contributed by atoms with Crippen LogP contribution in [0.4, 0.5) is 16.3 Å². The van der Waals surface area contributed by atoms with Gasteiger partial charge in [-0.05, 0) is 61.1 Å². The molecule has 2 unspecified atom stereocenters. The standard InChI is InChI=1S/C23H36N6O7/c1-7-34-20(30)17-18(29(32)33)19(25-21(24-17)35-14-16-9-8-10-26(16)6)28-12-11-27(13-15(28)2)22(31)36-23(3,4)5/h15-16H,7-14H2,1-6H3. The van der Waals surface area contributed by atoms with Gasteiger partial charge >= 0.3 is 23.8 Å². The predicted octanol–water partition coefficient (Wildman–Crippen LogP) is 2.48. The summed E-state index contributed by atoms with van der Waals surface area (Å²) in [6, 6.07) is -0.320. The summed E-state index contributed by atoms with van der Waals surface area (Å²) in [5.74, 6) is -0.958. The summed E-state index contributed by atoms with van der Waals surface area (Å²) in [6.45, 7) is 10.8. The highest BCUT2D eigenvalue weighted by molar-refractivity contribution is 5.94. The lowest BCUT2D eigenvalue weighted by atomic mass is 10.1. The van der Waals surface area contributed by atoms with Crippen LogP contribution < -0.4 is 9.64 Å². The zero-order valence-corrected chi connectivity index (χ0v) is 21.9. The lowest BCUT2D eigenvalue weighted by molar-refractivity contribution is -0.385. The Morgan fingerprint density at radius 2 is 1.92 bits per heavy atom. The highest BCUT2D eigenvalue weighted by atomic mass is 16.6. The summed E-state index contributed by atoms with van der Waals surface area (Å²) in [7, 11) is 2.00. The number of anilines is 1. The fourth-order valence-electron chi connectivity index (χ4n) is 4.32. The molecule has 1 amide bonds. The molecule has 0 aliphatic carbocycles. The molecule has 200 valence electrons. The van der Waals surface area contributed by atoms with Crippen molar-refractivity contribution in [3.05, 3.63) is 15.8 Å². The first-order valence-electron chi connectivity index (χ1n) is 12.2. The zero-order chi connectivity index (χ0) is 26.6. The van der Waals surface area contributed by atoms with Crippen molar-refractivity contribution in [2.45, 2.75) is 65.1 Å². The quantitative estimate of drug-likeness (QED) is 0.305. The van der Waals surface area contributed by atoms with Gasteiger partial charge in [0.05, 0.1) is 11.5 Å². The summed E-state index contributed by atoms with van der Waals surface area (Å²) in [5.41, 5.74) is -1.64. The van der Waals surface area contributed by atoms with Gasteiger partial charge in [0.2, 0.25) is 11.5 Å². The largest absolute Gasteiger partial charge is 0.462 e. The normalized spacial score (nSPS) is 20.8. The maximum atomic E-state index is 12.7. The van der Waals surface area contributed by atoms with E-state index in [4.69, 9.17) is 14.2 Å². The van der Waals surface area contributed by atoms with E-state index in [0.717, 1.165) is 19.4 Å². The second-order valence-corrected chi connectivity index (χ2v) is 10.1. The van der Waals surface area contributed by atoms with E-state index < -0.39 is 34.0 Å². The third-order valence-corrected chi connectivity index (χ3v) is 6.12. The average Bonchev–Trinajstić information content (AvgIpc) is 3.20. The number of hydrogen-bond acceptors (Lipinski definition) is 11. The van der Waals surface area contributed by atoms with Crippen molar-refractivity contribution < 1.29 is 28.7 Å². The molecule has 2 atom stereocenters. The molecule has 2 aliphatic heterocycles. The Balaban J connectivity index is 1.92. The van der Waals surface area contributed by atoms with Gasteiger partial charge in [-0.25, -0.2) is 9.59 Å². The number of carbonyl (C=O) groups is 2. The van der Waals surface area contributed by atoms with Crippen molar-refractivity contribution in [3.63, 3.8) is 0 Å². The molecule has 2 fully saturated rings. The lowest BCUT2D eigenvalue weighted by Gasteiger charge is -2.40. The Morgan fingerprint density at radius 1 is 1.19 bits per heavy atom. The third kappa shape index (κ3) is 6.50. The van der Waals surface area contributed by atoms with Crippen molar-refractivity contribution >= 4 is 23.6 Å². The Morgan fingerprint density at radius 3 is 2.47 bits per heavy atom. The number of ether oxygens (including phenoxy) is 3. The van der Waals surface area contributed by atoms with Crippen molar-refractivity contribution in [2.75, 3.05) is 51.3 Å². The zero-order valence-electron chi connectivity index (χ0n) is 21.9. The second kappa shape index (κ2) is 11.2. The summed E-state index contributed by atoms with van der Waals surface area (Å²) < 4.78 is 16.4. The van der Waals surface area contributed by atoms with Crippen LogP contribution >= 0.6 is 0 Å². The van der Waals surface area contributed by atoms with Gasteiger partial charge in [-0.1, -0.05) is 0 Å². The number of likely N-dealkylation sites (tertiary alicyclic amines) is 1. The second-order valence-electron chi connectivity index (χ2n) is 10.1. The van der Waals surface area contributed by atoms with Gasteiger partial charge in [0.15, 0.2) is 0 Å². The number of likely N-dealkylation sites (N-methyl/N-ethyl adjacent to an activating group) is 1. The van der Waals surface area contributed by atoms with Crippen LogP contribution in [0.2, 0.25) is 0 Å². The molecule has 0 N–H and O–H groups in total. The third-order valence-electron chi connectivity index (χ3n) is 6.12. The number of carbonyl (C=O) groups excluding carboxylic acids is 2. The van der Waals surface area contributed by atoms with Crippen molar-refractivity contribution in [3.8, 4) is 6.01 Å². The number of amides is 1. The fourth-order valence-corrected chi connectivity index (χ4v) is 4.32. The van der Waals surface area contributed by atoms with Crippen LogP contribution in [0.25, 0.3) is 0 Å². The lowest BCUT2D eigenvalue weighted by Crippen LogP contribution is -2.55. The highest BCUT2D eigenvalue weighted by Gasteiger charge is 2.38. The van der Waals surface area contributed by atoms with E-state index in [2.05, 4.69) is 14.9 Å². The maximum absolute atomic E-state index is 12.7. The Kier molecular flexibility index (Phi) is 8.54. The van der Waals surface area contributed by atoms with Gasteiger partial charge in [0.25, 0.3) is 0 Å². The van der Waals surface area contributed by atoms with Crippen LogP contribution in [0.3, 0.4) is 0 Å². The average molecular weight is 509 g/mol. The number of esters is 1. The van der Waals surface area contributed by atoms with E-state index in [-0.39, 0.29) is 56.8 Å². The highest BCUT2D eigenvalue weighted by Crippen LogP contribution is 2.34. The minimum Gasteiger partial charge on any atom is -0.462 e. The molecular weight excluding hydrogens is 472 g/mol. The van der Waals surface area contributed by atoms with Crippen LogP contribution in [0.1, 0.15) is 57.9 Å². The van der Waals surface area contributed by atoms with Gasteiger partial charge < -0.3 is 28.9 Å². The summed E-state index contributed by atoms with van der Waals surface area (Å²) in [4.78, 5) is 50.5. The molecule has 2 saturated heterocycles. The summed E-state index contributed by atoms with van der Waals surface area (Å²) >= 11 is 0. The van der Waals surface area contributed by atoms with Crippen LogP contribution in [-0.4, -0.2) is 101 Å². The molecule has 36 heavy (non-hydrogen) atoms. The molecule has 0 aromatic carbocycles. The van der Waals surface area contributed by atoms with Gasteiger partial charge in [0.1, 0.15) is 12.2 Å². The first-order valence-corrected chi connectivity index (χ1v) is 12.2. The Labute approximate surface area is 210 Å². The number of nitrogens with zero attached hydrogens (tertiary/aromatic N) is 6. The van der Waals surface area contributed by atoms with Gasteiger partial charge in [0, 0.05) is 31.7 Å². The minimum atomic E-state index is -0.921. The van der Waals surface area contributed by atoms with Gasteiger partial charge in [-0.15, -0.1) is 0 Å². The first-order chi connectivity index (χ1) is 16.9. The topological polar surface area (TPSA) is 140 Å². The van der Waals surface area contributed by atoms with E-state index in [9.17, 15) is 19.7 Å². The minimum absolute atomic E-state index is 0.0311. The number of piperazine rings is 1. The van der Waals surface area contributed by atoms with Crippen molar-refractivity contribution in [1.29, 1.82) is 0 Å². The number of rotatable bonds is 7. The molecule has 0 bridgehead atoms. The smallest absolute Gasteiger partial charge is 0.410 e. The molecule has 0 radical (unpaired) electrons. The van der Waals surface area contributed by atoms with Gasteiger partial charge in [-0.2, -0.15) is 9.97 Å². The molecule has 2 aliphatic rings. The molecule has 13 heteroatoms. The monoisotopic (exact) mass is 508 g/mol. The summed E-state index contributed by atoms with van der Waals surface area (Å²) in [5, 5.41) is 12.1. The maximum Gasteiger partial charge on any atom is 0.410 e. The van der Waals surface area contributed by atoms with Crippen LogP contribution in [0.5, 0.6) is 6.01 Å². The SMILES string of the molecule is CCOC(=O)c1nc(OCC2CCCN2C)nc(N2CCN(C(=O)OC(C)(C)C)CC2C)c1[N+](=O)[O-]. The molecule has 1 aromatic rings. The number of hydrogen-bond donors (Lipinski definition) is 0. The molecular formula is C23H36N6O7. The van der Waals surface area contributed by atoms with Crippen LogP contribution in [0.15, 0.2) is 0 Å². The van der Waals surface area contributed by atoms with Crippen LogP contribution in [0, 0.1) is 10.1 Å². The molecule has 3 heterocycles. The fraction of sp³-hybridized carbons (Fsp3) is 0.739. The van der Waals surface area contributed by atoms with Crippen LogP contribution in [-0.2, 0) is 9.47 Å². The number of aromatic nitrogens is 2. The summed E-state index contributed by atoms with van der Waals surface area (Å²) in [6.07, 6.45) is 1.54. The molecule has 3 rings (SSSR count). The molecule has 13 nitrogen and oxygen atoms in total. The molecule has 0 saturated carbocycles. The number of nitro groups is 1. The van der Waals surface area contributed by atoms with E-state index in [0.29, 0.717) is 0 Å². The van der Waals surface area contributed by atoms with E-state index in [1.165, 1.54) is 0 Å². The van der Waals surface area contributed by atoms with E-state index in [1.807, 2.05) is 14.0 Å². The van der Waals surface area contributed by atoms with Crippen molar-refractivity contribution in [2.24, 2.45) is 0 Å². The van der Waals surface area contributed by atoms with Crippen molar-refractivity contribution in [1.82, 2.24) is 19.8 Å². The predicted molar refractivity (Wildman–Crippen MR) is 130 cm³/mol. The molecule has 0 spiro atoms. The first kappa shape index (κ1) is 27.4. The molecule has 1 aromatic heterocycles. The van der Waals surface area contributed by atoms with E-state index >= 15 is 0 Å². The van der Waals surface area contributed by atoms with Gasteiger partial charge in [-0.3, -0.25) is 10.1 Å². The Hall–Kier alpha value is -3.22. The van der Waals surface area contributed by atoms with E-state index in [1.54, 1.807) is 37.5 Å².